The van der Waals surface area contributed by atoms with E-state index in [-0.39, 0.29) is 11.3 Å². The minimum atomic E-state index is -0.730. The predicted molar refractivity (Wildman–Crippen MR) is 73.3 cm³/mol. The van der Waals surface area contributed by atoms with Crippen molar-refractivity contribution in [2.24, 2.45) is 22.7 Å². The maximum absolute atomic E-state index is 11.9. The summed E-state index contributed by atoms with van der Waals surface area (Å²) in [5, 5.41) is 19.1. The maximum Gasteiger partial charge on any atom is 0.310 e. The molecule has 0 spiro atoms. The van der Waals surface area contributed by atoms with E-state index in [4.69, 9.17) is 0 Å². The van der Waals surface area contributed by atoms with Crippen LogP contribution < -0.4 is 0 Å². The number of rotatable bonds is 3. The van der Waals surface area contributed by atoms with Gasteiger partial charge in [-0.15, -0.1) is 0 Å². The molecule has 20 heavy (non-hydrogen) atoms. The number of carboxylic acids is 2. The lowest BCUT2D eigenvalue weighted by Gasteiger charge is -2.64. The molecule has 4 heteroatoms. The zero-order valence-electron chi connectivity index (χ0n) is 11.9. The number of hydrogen-bond donors (Lipinski definition) is 2. The Balaban J connectivity index is 1.92. The molecule has 0 saturated heterocycles. The van der Waals surface area contributed by atoms with Crippen LogP contribution in [-0.4, -0.2) is 22.2 Å². The van der Waals surface area contributed by atoms with Crippen LogP contribution in [-0.2, 0) is 9.59 Å². The fourth-order valence-electron chi connectivity index (χ4n) is 5.44. The molecule has 3 unspecified atom stereocenters. The summed E-state index contributed by atoms with van der Waals surface area (Å²) in [6.07, 6.45) is 9.18. The smallest absolute Gasteiger partial charge is 0.310 e. The van der Waals surface area contributed by atoms with Crippen LogP contribution in [0.25, 0.3) is 0 Å². The lowest BCUT2D eigenvalue weighted by molar-refractivity contribution is -0.209. The molecule has 4 nitrogen and oxygen atoms in total. The first-order valence-electron chi connectivity index (χ1n) is 7.98. The lowest BCUT2D eigenvalue weighted by atomic mass is 9.38. The molecule has 3 rings (SSSR count). The van der Waals surface area contributed by atoms with Gasteiger partial charge in [-0.1, -0.05) is 19.3 Å². The van der Waals surface area contributed by atoms with Gasteiger partial charge in [-0.05, 0) is 56.3 Å². The third-order valence-electron chi connectivity index (χ3n) is 6.63. The summed E-state index contributed by atoms with van der Waals surface area (Å²) in [7, 11) is 0. The molecule has 0 aromatic carbocycles. The number of fused-ring (bicyclic) bond motifs is 1. The summed E-state index contributed by atoms with van der Waals surface area (Å²) in [5.41, 5.74) is -0.832. The van der Waals surface area contributed by atoms with Gasteiger partial charge in [0.15, 0.2) is 0 Å². The standard InChI is InChI=1S/C16H24O4/c17-13(18)11-6-7-15(14(19)20)8-9-16(15,10-11)12-4-2-1-3-5-12/h11-12H,1-10H2,(H,17,18)(H,19,20). The van der Waals surface area contributed by atoms with Gasteiger partial charge in [-0.2, -0.15) is 0 Å². The van der Waals surface area contributed by atoms with Crippen LogP contribution in [0.4, 0.5) is 0 Å². The molecule has 0 radical (unpaired) electrons. The summed E-state index contributed by atoms with van der Waals surface area (Å²) in [6, 6.07) is 0. The first-order chi connectivity index (χ1) is 9.52. The van der Waals surface area contributed by atoms with Crippen molar-refractivity contribution >= 4 is 11.9 Å². The summed E-state index contributed by atoms with van der Waals surface area (Å²) < 4.78 is 0. The van der Waals surface area contributed by atoms with E-state index in [1.165, 1.54) is 19.3 Å². The average Bonchev–Trinajstić information content (AvgIpc) is 2.41. The van der Waals surface area contributed by atoms with Gasteiger partial charge < -0.3 is 10.2 Å². The van der Waals surface area contributed by atoms with Gasteiger partial charge >= 0.3 is 11.9 Å². The first kappa shape index (κ1) is 13.9. The highest BCUT2D eigenvalue weighted by molar-refractivity contribution is 5.79. The molecule has 0 aromatic heterocycles. The van der Waals surface area contributed by atoms with E-state index in [0.29, 0.717) is 25.2 Å². The van der Waals surface area contributed by atoms with Crippen LogP contribution in [0.2, 0.25) is 0 Å². The summed E-state index contributed by atoms with van der Waals surface area (Å²) in [6.45, 7) is 0. The number of carboxylic acid groups (broad SMARTS) is 2. The van der Waals surface area contributed by atoms with E-state index >= 15 is 0 Å². The van der Waals surface area contributed by atoms with Crippen molar-refractivity contribution in [3.63, 3.8) is 0 Å². The second-order valence-corrected chi connectivity index (χ2v) is 7.16. The molecule has 112 valence electrons. The Hall–Kier alpha value is -1.06. The molecule has 3 atom stereocenters. The van der Waals surface area contributed by atoms with Crippen LogP contribution in [0.1, 0.15) is 64.2 Å². The quantitative estimate of drug-likeness (QED) is 0.831. The molecule has 3 aliphatic carbocycles. The Morgan fingerprint density at radius 1 is 0.900 bits per heavy atom. The van der Waals surface area contributed by atoms with Gasteiger partial charge in [0.05, 0.1) is 11.3 Å². The third kappa shape index (κ3) is 1.73. The third-order valence-corrected chi connectivity index (χ3v) is 6.63. The Bertz CT molecular complexity index is 426. The minimum absolute atomic E-state index is 0.222. The molecule has 3 saturated carbocycles. The van der Waals surface area contributed by atoms with Gasteiger partial charge in [-0.25, -0.2) is 0 Å². The summed E-state index contributed by atoms with van der Waals surface area (Å²) in [4.78, 5) is 23.3. The minimum Gasteiger partial charge on any atom is -0.481 e. The number of carbonyl (C=O) groups is 2. The molecular formula is C16H24O4. The van der Waals surface area contributed by atoms with Crippen molar-refractivity contribution in [3.05, 3.63) is 0 Å². The van der Waals surface area contributed by atoms with E-state index in [0.717, 1.165) is 25.7 Å². The normalized spacial score (nSPS) is 41.5. The van der Waals surface area contributed by atoms with Crippen LogP contribution in [0.15, 0.2) is 0 Å². The van der Waals surface area contributed by atoms with Gasteiger partial charge in [0.1, 0.15) is 0 Å². The fourth-order valence-corrected chi connectivity index (χ4v) is 5.44. The summed E-state index contributed by atoms with van der Waals surface area (Å²) >= 11 is 0. The van der Waals surface area contributed by atoms with E-state index in [1.807, 2.05) is 0 Å². The Kier molecular flexibility index (Phi) is 3.30. The van der Waals surface area contributed by atoms with Crippen LogP contribution in [0.5, 0.6) is 0 Å². The monoisotopic (exact) mass is 280 g/mol. The Morgan fingerprint density at radius 3 is 2.10 bits per heavy atom. The highest BCUT2D eigenvalue weighted by atomic mass is 16.4. The molecule has 0 aliphatic heterocycles. The molecule has 3 fully saturated rings. The van der Waals surface area contributed by atoms with Crippen molar-refractivity contribution in [3.8, 4) is 0 Å². The zero-order valence-corrected chi connectivity index (χ0v) is 11.9. The number of hydrogen-bond acceptors (Lipinski definition) is 2. The van der Waals surface area contributed by atoms with E-state index in [2.05, 4.69) is 0 Å². The van der Waals surface area contributed by atoms with E-state index in [1.54, 1.807) is 0 Å². The van der Waals surface area contributed by atoms with Crippen molar-refractivity contribution < 1.29 is 19.8 Å². The molecule has 2 N–H and O–H groups in total. The molecule has 3 aliphatic rings. The van der Waals surface area contributed by atoms with Crippen molar-refractivity contribution in [1.29, 1.82) is 0 Å². The second-order valence-electron chi connectivity index (χ2n) is 7.16. The van der Waals surface area contributed by atoms with Crippen molar-refractivity contribution in [2.45, 2.75) is 64.2 Å². The van der Waals surface area contributed by atoms with Gasteiger partial charge in [-0.3, -0.25) is 9.59 Å². The van der Waals surface area contributed by atoms with Crippen LogP contribution in [0.3, 0.4) is 0 Å². The summed E-state index contributed by atoms with van der Waals surface area (Å²) in [5.74, 6) is -1.29. The number of aliphatic carboxylic acids is 2. The highest BCUT2D eigenvalue weighted by Crippen LogP contribution is 2.70. The van der Waals surface area contributed by atoms with E-state index < -0.39 is 17.4 Å². The Morgan fingerprint density at radius 2 is 1.60 bits per heavy atom. The topological polar surface area (TPSA) is 74.6 Å². The SMILES string of the molecule is O=C(O)C1CCC2(C(=O)O)CCC2(C2CCCCC2)C1. The van der Waals surface area contributed by atoms with Gasteiger partial charge in [0.25, 0.3) is 0 Å². The molecule has 0 heterocycles. The maximum atomic E-state index is 11.9. The second kappa shape index (κ2) is 4.74. The largest absolute Gasteiger partial charge is 0.481 e. The van der Waals surface area contributed by atoms with Crippen molar-refractivity contribution in [1.82, 2.24) is 0 Å². The fraction of sp³-hybridized carbons (Fsp3) is 0.875. The molecule has 0 amide bonds. The molecule has 0 aromatic rings. The lowest BCUT2D eigenvalue weighted by Crippen LogP contribution is -2.63. The highest BCUT2D eigenvalue weighted by Gasteiger charge is 2.68. The average molecular weight is 280 g/mol. The zero-order chi connectivity index (χ0) is 14.4. The Labute approximate surface area is 119 Å². The molecular weight excluding hydrogens is 256 g/mol. The molecule has 0 bridgehead atoms. The van der Waals surface area contributed by atoms with Gasteiger partial charge in [0.2, 0.25) is 0 Å². The predicted octanol–water partition coefficient (Wildman–Crippen LogP) is 3.30. The van der Waals surface area contributed by atoms with E-state index in [9.17, 15) is 19.8 Å². The van der Waals surface area contributed by atoms with Crippen molar-refractivity contribution in [2.75, 3.05) is 0 Å². The van der Waals surface area contributed by atoms with Gasteiger partial charge in [0, 0.05) is 0 Å². The van der Waals surface area contributed by atoms with Crippen LogP contribution >= 0.6 is 0 Å². The van der Waals surface area contributed by atoms with Crippen LogP contribution in [0, 0.1) is 22.7 Å². The first-order valence-corrected chi connectivity index (χ1v) is 7.98.